The van der Waals surface area contributed by atoms with Crippen LogP contribution in [0.25, 0.3) is 0 Å². The summed E-state index contributed by atoms with van der Waals surface area (Å²) < 4.78 is 32.0. The summed E-state index contributed by atoms with van der Waals surface area (Å²) in [6.07, 6.45) is 0.688. The molecule has 0 radical (unpaired) electrons. The molecule has 0 aromatic heterocycles. The van der Waals surface area contributed by atoms with Crippen molar-refractivity contribution in [2.75, 3.05) is 20.2 Å². The second-order valence-electron chi connectivity index (χ2n) is 6.30. The Labute approximate surface area is 127 Å². The summed E-state index contributed by atoms with van der Waals surface area (Å²) >= 11 is 0. The lowest BCUT2D eigenvalue weighted by molar-refractivity contribution is 0.155. The van der Waals surface area contributed by atoms with Gasteiger partial charge < -0.3 is 10.5 Å². The molecule has 0 saturated carbocycles. The molecule has 0 amide bonds. The zero-order valence-electron chi connectivity index (χ0n) is 12.9. The number of hydrogen-bond donors (Lipinski definition) is 1. The zero-order chi connectivity index (χ0) is 15.7. The summed E-state index contributed by atoms with van der Waals surface area (Å²) in [5.41, 5.74) is 6.82. The van der Waals surface area contributed by atoms with Gasteiger partial charge in [0, 0.05) is 26.2 Å². The number of hydrogen-bond acceptors (Lipinski definition) is 4. The van der Waals surface area contributed by atoms with Crippen LogP contribution in [0, 0.1) is 5.41 Å². The third kappa shape index (κ3) is 3.45. The van der Waals surface area contributed by atoms with Gasteiger partial charge >= 0.3 is 0 Å². The van der Waals surface area contributed by atoms with Crippen molar-refractivity contribution in [1.82, 2.24) is 4.31 Å². The first kappa shape index (κ1) is 16.4. The van der Waals surface area contributed by atoms with Crippen LogP contribution >= 0.6 is 0 Å². The molecule has 1 aliphatic rings. The molecule has 1 unspecified atom stereocenters. The first-order valence-corrected chi connectivity index (χ1v) is 8.55. The number of methoxy groups -OCH3 is 1. The van der Waals surface area contributed by atoms with Crippen molar-refractivity contribution in [2.24, 2.45) is 11.1 Å². The molecule has 21 heavy (non-hydrogen) atoms. The van der Waals surface area contributed by atoms with Crippen molar-refractivity contribution in [2.45, 2.75) is 37.8 Å². The van der Waals surface area contributed by atoms with Gasteiger partial charge in [0.1, 0.15) is 0 Å². The van der Waals surface area contributed by atoms with Crippen LogP contribution in [0.15, 0.2) is 29.2 Å². The first-order valence-electron chi connectivity index (χ1n) is 7.11. The van der Waals surface area contributed by atoms with Gasteiger partial charge in [0.2, 0.25) is 10.0 Å². The Hall–Kier alpha value is -0.950. The number of sulfonamides is 1. The highest BCUT2D eigenvalue weighted by Gasteiger charge is 2.38. The maximum absolute atomic E-state index is 12.7. The van der Waals surface area contributed by atoms with Crippen molar-refractivity contribution in [3.05, 3.63) is 29.8 Å². The van der Waals surface area contributed by atoms with Gasteiger partial charge in [0.05, 0.1) is 11.5 Å². The van der Waals surface area contributed by atoms with Crippen molar-refractivity contribution in [3.8, 4) is 0 Å². The molecule has 1 aliphatic heterocycles. The van der Waals surface area contributed by atoms with Gasteiger partial charge in [0.25, 0.3) is 0 Å². The van der Waals surface area contributed by atoms with E-state index in [1.165, 1.54) is 0 Å². The molecule has 2 rings (SSSR count). The highest BCUT2D eigenvalue weighted by molar-refractivity contribution is 7.89. The average molecular weight is 312 g/mol. The Bertz CT molecular complexity index is 581. The molecular formula is C15H24N2O3S. The van der Waals surface area contributed by atoms with E-state index in [0.717, 1.165) is 5.56 Å². The van der Waals surface area contributed by atoms with Gasteiger partial charge in [-0.3, -0.25) is 0 Å². The van der Waals surface area contributed by atoms with Gasteiger partial charge in [-0.1, -0.05) is 26.0 Å². The van der Waals surface area contributed by atoms with Crippen LogP contribution in [-0.2, 0) is 21.4 Å². The summed E-state index contributed by atoms with van der Waals surface area (Å²) in [6.45, 7) is 5.44. The van der Waals surface area contributed by atoms with Crippen LogP contribution in [0.5, 0.6) is 0 Å². The predicted octanol–water partition coefficient (Wildman–Crippen LogP) is 1.58. The van der Waals surface area contributed by atoms with E-state index >= 15 is 0 Å². The Morgan fingerprint density at radius 1 is 1.33 bits per heavy atom. The molecule has 0 aliphatic carbocycles. The minimum absolute atomic E-state index is 0.0352. The molecular weight excluding hydrogens is 288 g/mol. The fourth-order valence-corrected chi connectivity index (χ4v) is 4.23. The normalized spacial score (nSPS) is 23.1. The van der Waals surface area contributed by atoms with Gasteiger partial charge in [-0.15, -0.1) is 0 Å². The number of nitrogens with zero attached hydrogens (tertiary/aromatic N) is 1. The molecule has 118 valence electrons. The second kappa shape index (κ2) is 6.04. The molecule has 1 fully saturated rings. The minimum atomic E-state index is -3.45. The van der Waals surface area contributed by atoms with Crippen LogP contribution in [0.1, 0.15) is 25.8 Å². The van der Waals surface area contributed by atoms with Crippen molar-refractivity contribution >= 4 is 10.0 Å². The lowest BCUT2D eigenvalue weighted by Gasteiger charge is -2.41. The highest BCUT2D eigenvalue weighted by atomic mass is 32.2. The smallest absolute Gasteiger partial charge is 0.243 e. The summed E-state index contributed by atoms with van der Waals surface area (Å²) in [7, 11) is -1.84. The van der Waals surface area contributed by atoms with E-state index < -0.39 is 10.0 Å². The number of benzene rings is 1. The predicted molar refractivity (Wildman–Crippen MR) is 82.3 cm³/mol. The lowest BCUT2D eigenvalue weighted by atomic mass is 9.81. The Balaban J connectivity index is 2.22. The molecule has 5 nitrogen and oxygen atoms in total. The van der Waals surface area contributed by atoms with Crippen LogP contribution in [-0.4, -0.2) is 39.0 Å². The number of nitrogens with two attached hydrogens (primary N) is 1. The van der Waals surface area contributed by atoms with Gasteiger partial charge in [0.15, 0.2) is 0 Å². The van der Waals surface area contributed by atoms with E-state index in [1.54, 1.807) is 35.7 Å². The molecule has 0 spiro atoms. The van der Waals surface area contributed by atoms with Gasteiger partial charge in [-0.2, -0.15) is 4.31 Å². The monoisotopic (exact) mass is 312 g/mol. The summed E-state index contributed by atoms with van der Waals surface area (Å²) in [5, 5.41) is 0. The summed E-state index contributed by atoms with van der Waals surface area (Å²) in [4.78, 5) is 0.327. The summed E-state index contributed by atoms with van der Waals surface area (Å²) in [6, 6.07) is 6.90. The fourth-order valence-electron chi connectivity index (χ4n) is 2.60. The van der Waals surface area contributed by atoms with E-state index in [0.29, 0.717) is 31.0 Å². The van der Waals surface area contributed by atoms with E-state index in [9.17, 15) is 8.42 Å². The lowest BCUT2D eigenvalue weighted by Crippen LogP contribution is -2.53. The van der Waals surface area contributed by atoms with Crippen LogP contribution in [0.3, 0.4) is 0 Å². The van der Waals surface area contributed by atoms with Crippen molar-refractivity contribution < 1.29 is 13.2 Å². The van der Waals surface area contributed by atoms with E-state index in [-0.39, 0.29) is 11.5 Å². The number of ether oxygens (including phenoxy) is 1. The molecule has 0 bridgehead atoms. The SMILES string of the molecule is COCc1ccc(S(=O)(=O)N2CCC(N)C(C)(C)C2)cc1. The minimum Gasteiger partial charge on any atom is -0.380 e. The highest BCUT2D eigenvalue weighted by Crippen LogP contribution is 2.31. The van der Waals surface area contributed by atoms with Crippen LogP contribution < -0.4 is 5.73 Å². The average Bonchev–Trinajstić information content (AvgIpc) is 2.42. The van der Waals surface area contributed by atoms with E-state index in [1.807, 2.05) is 13.8 Å². The van der Waals surface area contributed by atoms with Gasteiger partial charge in [-0.05, 0) is 29.5 Å². The van der Waals surface area contributed by atoms with Crippen LogP contribution in [0.2, 0.25) is 0 Å². The third-order valence-corrected chi connectivity index (χ3v) is 6.01. The molecule has 1 saturated heterocycles. The third-order valence-electron chi connectivity index (χ3n) is 4.15. The molecule has 6 heteroatoms. The molecule has 1 aromatic rings. The van der Waals surface area contributed by atoms with E-state index in [2.05, 4.69) is 0 Å². The number of rotatable bonds is 4. The molecule has 1 heterocycles. The Kier molecular flexibility index (Phi) is 4.72. The first-order chi connectivity index (χ1) is 9.77. The maximum Gasteiger partial charge on any atom is 0.243 e. The summed E-state index contributed by atoms with van der Waals surface area (Å²) in [5.74, 6) is 0. The topological polar surface area (TPSA) is 72.6 Å². The number of piperidine rings is 1. The van der Waals surface area contributed by atoms with E-state index in [4.69, 9.17) is 10.5 Å². The quantitative estimate of drug-likeness (QED) is 0.916. The standard InChI is InChI=1S/C15H24N2O3S/c1-15(2)11-17(9-8-14(15)16)21(18,19)13-6-4-12(5-7-13)10-20-3/h4-7,14H,8-11,16H2,1-3H3. The zero-order valence-corrected chi connectivity index (χ0v) is 13.7. The van der Waals surface area contributed by atoms with Gasteiger partial charge in [-0.25, -0.2) is 8.42 Å². The molecule has 2 N–H and O–H groups in total. The van der Waals surface area contributed by atoms with Crippen molar-refractivity contribution in [1.29, 1.82) is 0 Å². The Morgan fingerprint density at radius 2 is 1.95 bits per heavy atom. The molecule has 1 aromatic carbocycles. The molecule has 1 atom stereocenters. The largest absolute Gasteiger partial charge is 0.380 e. The fraction of sp³-hybridized carbons (Fsp3) is 0.600. The van der Waals surface area contributed by atoms with Crippen LogP contribution in [0.4, 0.5) is 0 Å². The second-order valence-corrected chi connectivity index (χ2v) is 8.24. The maximum atomic E-state index is 12.7. The van der Waals surface area contributed by atoms with Crippen molar-refractivity contribution in [3.63, 3.8) is 0 Å². The Morgan fingerprint density at radius 3 is 2.48 bits per heavy atom.